The second kappa shape index (κ2) is 6.53. The number of hydrogen-bond donors (Lipinski definition) is 1. The van der Waals surface area contributed by atoms with Crippen molar-refractivity contribution in [1.82, 2.24) is 4.90 Å². The molecule has 0 aromatic heterocycles. The van der Waals surface area contributed by atoms with Crippen LogP contribution in [0.1, 0.15) is 56.7 Å². The predicted octanol–water partition coefficient (Wildman–Crippen LogP) is 3.65. The molecule has 2 N–H and O–H groups in total. The van der Waals surface area contributed by atoms with Gasteiger partial charge in [-0.05, 0) is 50.3 Å². The van der Waals surface area contributed by atoms with E-state index in [0.717, 1.165) is 19.0 Å². The van der Waals surface area contributed by atoms with Crippen molar-refractivity contribution in [3.8, 4) is 0 Å². The molecular weight excluding hydrogens is 232 g/mol. The van der Waals surface area contributed by atoms with Crippen molar-refractivity contribution < 1.29 is 0 Å². The minimum absolute atomic E-state index is 0.230. The van der Waals surface area contributed by atoms with Crippen molar-refractivity contribution in [3.63, 3.8) is 0 Å². The predicted molar refractivity (Wildman–Crippen MR) is 82.2 cm³/mol. The molecule has 2 unspecified atom stereocenters. The Kier molecular flexibility index (Phi) is 5.00. The van der Waals surface area contributed by atoms with Gasteiger partial charge in [0.15, 0.2) is 0 Å². The van der Waals surface area contributed by atoms with Crippen LogP contribution < -0.4 is 5.73 Å². The third-order valence-electron chi connectivity index (χ3n) is 4.24. The maximum absolute atomic E-state index is 6.47. The zero-order chi connectivity index (χ0) is 13.8. The van der Waals surface area contributed by atoms with Gasteiger partial charge in [0, 0.05) is 12.1 Å². The molecule has 0 aliphatic heterocycles. The monoisotopic (exact) mass is 260 g/mol. The Hall–Kier alpha value is -0.860. The fourth-order valence-corrected chi connectivity index (χ4v) is 3.01. The Morgan fingerprint density at radius 1 is 1.26 bits per heavy atom. The highest BCUT2D eigenvalue weighted by Crippen LogP contribution is 2.37. The maximum atomic E-state index is 6.47. The number of nitrogens with two attached hydrogens (primary N) is 1. The van der Waals surface area contributed by atoms with Gasteiger partial charge in [0.1, 0.15) is 0 Å². The smallest absolute Gasteiger partial charge is 0.0504 e. The molecule has 1 aliphatic rings. The van der Waals surface area contributed by atoms with Crippen molar-refractivity contribution in [2.75, 3.05) is 6.54 Å². The molecule has 1 saturated carbocycles. The first-order chi connectivity index (χ1) is 9.19. The van der Waals surface area contributed by atoms with E-state index < -0.39 is 0 Å². The summed E-state index contributed by atoms with van der Waals surface area (Å²) in [6.07, 6.45) is 4.93. The van der Waals surface area contributed by atoms with Gasteiger partial charge in [-0.1, -0.05) is 38.1 Å². The van der Waals surface area contributed by atoms with Crippen LogP contribution in [0.5, 0.6) is 0 Å². The van der Waals surface area contributed by atoms with Gasteiger partial charge in [-0.25, -0.2) is 0 Å². The SMILES string of the molecule is CCCN(C1CC1)C(c1ccccc1C)C(N)CC. The highest BCUT2D eigenvalue weighted by Gasteiger charge is 2.36. The molecule has 2 rings (SSSR count). The Morgan fingerprint density at radius 2 is 1.95 bits per heavy atom. The van der Waals surface area contributed by atoms with Crippen molar-refractivity contribution >= 4 is 0 Å². The van der Waals surface area contributed by atoms with E-state index in [1.165, 1.54) is 30.4 Å². The number of hydrogen-bond acceptors (Lipinski definition) is 2. The maximum Gasteiger partial charge on any atom is 0.0504 e. The second-order valence-corrected chi connectivity index (χ2v) is 5.84. The number of nitrogens with zero attached hydrogens (tertiary/aromatic N) is 1. The zero-order valence-corrected chi connectivity index (χ0v) is 12.6. The standard InChI is InChI=1S/C17H28N2/c1-4-12-19(14-10-11-14)17(16(18)5-2)15-9-7-6-8-13(15)3/h6-9,14,16-17H,4-5,10-12,18H2,1-3H3. The van der Waals surface area contributed by atoms with Crippen LogP contribution >= 0.6 is 0 Å². The highest BCUT2D eigenvalue weighted by atomic mass is 15.2. The molecule has 0 amide bonds. The van der Waals surface area contributed by atoms with Crippen molar-refractivity contribution in [3.05, 3.63) is 35.4 Å². The zero-order valence-electron chi connectivity index (χ0n) is 12.6. The first kappa shape index (κ1) is 14.5. The topological polar surface area (TPSA) is 29.3 Å². The van der Waals surface area contributed by atoms with Crippen LogP contribution in [0.25, 0.3) is 0 Å². The largest absolute Gasteiger partial charge is 0.326 e. The van der Waals surface area contributed by atoms with Gasteiger partial charge in [0.2, 0.25) is 0 Å². The van der Waals surface area contributed by atoms with Crippen LogP contribution in [0.4, 0.5) is 0 Å². The lowest BCUT2D eigenvalue weighted by Crippen LogP contribution is -2.42. The molecule has 2 nitrogen and oxygen atoms in total. The minimum Gasteiger partial charge on any atom is -0.326 e. The van der Waals surface area contributed by atoms with Crippen molar-refractivity contribution in [2.45, 2.75) is 64.6 Å². The van der Waals surface area contributed by atoms with E-state index in [2.05, 4.69) is 49.9 Å². The van der Waals surface area contributed by atoms with E-state index in [4.69, 9.17) is 5.73 Å². The van der Waals surface area contributed by atoms with E-state index in [-0.39, 0.29) is 6.04 Å². The highest BCUT2D eigenvalue weighted by molar-refractivity contribution is 5.30. The van der Waals surface area contributed by atoms with Gasteiger partial charge in [-0.3, -0.25) is 4.90 Å². The van der Waals surface area contributed by atoms with Gasteiger partial charge in [0.05, 0.1) is 6.04 Å². The minimum atomic E-state index is 0.230. The first-order valence-electron chi connectivity index (χ1n) is 7.75. The molecule has 0 bridgehead atoms. The lowest BCUT2D eigenvalue weighted by Gasteiger charge is -2.36. The fraction of sp³-hybridized carbons (Fsp3) is 0.647. The summed E-state index contributed by atoms with van der Waals surface area (Å²) in [4.78, 5) is 2.66. The summed E-state index contributed by atoms with van der Waals surface area (Å²) in [6.45, 7) is 7.84. The quantitative estimate of drug-likeness (QED) is 0.811. The normalized spacial score (nSPS) is 18.6. The molecule has 1 aromatic rings. The molecule has 0 heterocycles. The van der Waals surface area contributed by atoms with Crippen LogP contribution in [-0.2, 0) is 0 Å². The van der Waals surface area contributed by atoms with Gasteiger partial charge < -0.3 is 5.73 Å². The molecule has 2 atom stereocenters. The third-order valence-corrected chi connectivity index (χ3v) is 4.24. The molecule has 1 aromatic carbocycles. The molecule has 0 saturated heterocycles. The average Bonchev–Trinajstić information content (AvgIpc) is 3.24. The number of benzene rings is 1. The Balaban J connectivity index is 2.31. The third kappa shape index (κ3) is 3.37. The van der Waals surface area contributed by atoms with Gasteiger partial charge in [0.25, 0.3) is 0 Å². The molecule has 19 heavy (non-hydrogen) atoms. The molecule has 106 valence electrons. The van der Waals surface area contributed by atoms with Crippen LogP contribution in [-0.4, -0.2) is 23.5 Å². The van der Waals surface area contributed by atoms with Gasteiger partial charge >= 0.3 is 0 Å². The van der Waals surface area contributed by atoms with Crippen molar-refractivity contribution in [1.29, 1.82) is 0 Å². The molecule has 1 aliphatic carbocycles. The van der Waals surface area contributed by atoms with Crippen LogP contribution in [0.2, 0.25) is 0 Å². The van der Waals surface area contributed by atoms with Crippen LogP contribution in [0.15, 0.2) is 24.3 Å². The molecule has 0 spiro atoms. The summed E-state index contributed by atoms with van der Waals surface area (Å²) in [5.41, 5.74) is 9.27. The van der Waals surface area contributed by atoms with Crippen molar-refractivity contribution in [2.24, 2.45) is 5.73 Å². The Morgan fingerprint density at radius 3 is 2.47 bits per heavy atom. The second-order valence-electron chi connectivity index (χ2n) is 5.84. The lowest BCUT2D eigenvalue weighted by molar-refractivity contribution is 0.159. The van der Waals surface area contributed by atoms with E-state index in [1.807, 2.05) is 0 Å². The van der Waals surface area contributed by atoms with E-state index >= 15 is 0 Å². The van der Waals surface area contributed by atoms with E-state index in [1.54, 1.807) is 0 Å². The van der Waals surface area contributed by atoms with Gasteiger partial charge in [-0.2, -0.15) is 0 Å². The van der Waals surface area contributed by atoms with Crippen LogP contribution in [0, 0.1) is 6.92 Å². The fourth-order valence-electron chi connectivity index (χ4n) is 3.01. The lowest BCUT2D eigenvalue weighted by atomic mass is 9.92. The Bertz CT molecular complexity index is 398. The first-order valence-corrected chi connectivity index (χ1v) is 7.75. The number of rotatable bonds is 7. The summed E-state index contributed by atoms with van der Waals surface area (Å²) in [5, 5.41) is 0. The summed E-state index contributed by atoms with van der Waals surface area (Å²) in [7, 11) is 0. The van der Waals surface area contributed by atoms with Crippen LogP contribution in [0.3, 0.4) is 0 Å². The Labute approximate surface area is 118 Å². The van der Waals surface area contributed by atoms with E-state index in [0.29, 0.717) is 6.04 Å². The molecular formula is C17H28N2. The summed E-state index contributed by atoms with van der Waals surface area (Å²) >= 11 is 0. The number of aryl methyl sites for hydroxylation is 1. The summed E-state index contributed by atoms with van der Waals surface area (Å²) < 4.78 is 0. The van der Waals surface area contributed by atoms with E-state index in [9.17, 15) is 0 Å². The van der Waals surface area contributed by atoms with Gasteiger partial charge in [-0.15, -0.1) is 0 Å². The molecule has 1 fully saturated rings. The summed E-state index contributed by atoms with van der Waals surface area (Å²) in [5.74, 6) is 0. The molecule has 0 radical (unpaired) electrons. The molecule has 2 heteroatoms. The average molecular weight is 260 g/mol. The summed E-state index contributed by atoms with van der Waals surface area (Å²) in [6, 6.07) is 10.1.